The minimum absolute atomic E-state index is 0.0391. The predicted octanol–water partition coefficient (Wildman–Crippen LogP) is 7.28. The van der Waals surface area contributed by atoms with Gasteiger partial charge in [0.1, 0.15) is 0 Å². The Hall–Kier alpha value is -3.76. The van der Waals surface area contributed by atoms with Crippen LogP contribution in [0, 0.1) is 10.1 Å². The van der Waals surface area contributed by atoms with Crippen molar-refractivity contribution in [2.45, 2.75) is 0 Å². The van der Waals surface area contributed by atoms with Crippen LogP contribution in [0.5, 0.6) is 0 Å². The predicted molar refractivity (Wildman–Crippen MR) is 122 cm³/mol. The first kappa shape index (κ1) is 18.3. The van der Waals surface area contributed by atoms with Crippen LogP contribution < -0.4 is 0 Å². The summed E-state index contributed by atoms with van der Waals surface area (Å²) >= 11 is 6.29. The first-order chi connectivity index (χ1) is 14.6. The minimum Gasteiger partial charge on any atom is -0.258 e. The van der Waals surface area contributed by atoms with Gasteiger partial charge in [-0.3, -0.25) is 10.1 Å². The molecule has 5 heteroatoms. The lowest BCUT2D eigenvalue weighted by atomic mass is 9.94. The van der Waals surface area contributed by atoms with Gasteiger partial charge in [-0.1, -0.05) is 66.2 Å². The highest BCUT2D eigenvalue weighted by Crippen LogP contribution is 2.37. The lowest BCUT2D eigenvalue weighted by molar-refractivity contribution is -0.384. The molecule has 30 heavy (non-hydrogen) atoms. The van der Waals surface area contributed by atoms with Gasteiger partial charge >= 0.3 is 0 Å². The molecule has 0 fully saturated rings. The fourth-order valence-electron chi connectivity index (χ4n) is 3.82. The molecule has 5 aromatic rings. The number of hydrogen-bond acceptors (Lipinski definition) is 3. The molecular formula is C25H15ClN2O2. The number of benzene rings is 4. The highest BCUT2D eigenvalue weighted by molar-refractivity contribution is 6.31. The van der Waals surface area contributed by atoms with E-state index < -0.39 is 4.92 Å². The van der Waals surface area contributed by atoms with Gasteiger partial charge in [0, 0.05) is 28.1 Å². The third kappa shape index (κ3) is 3.17. The number of nitro groups is 1. The number of hydrogen-bond donors (Lipinski definition) is 0. The van der Waals surface area contributed by atoms with Crippen molar-refractivity contribution in [3.05, 3.63) is 106 Å². The van der Waals surface area contributed by atoms with Gasteiger partial charge in [-0.05, 0) is 46.2 Å². The van der Waals surface area contributed by atoms with Crippen LogP contribution in [0.4, 0.5) is 5.69 Å². The van der Waals surface area contributed by atoms with E-state index in [4.69, 9.17) is 16.6 Å². The third-order valence-corrected chi connectivity index (χ3v) is 5.42. The quantitative estimate of drug-likeness (QED) is 0.178. The van der Waals surface area contributed by atoms with E-state index in [1.165, 1.54) is 6.07 Å². The second-order valence-corrected chi connectivity index (χ2v) is 7.49. The van der Waals surface area contributed by atoms with Gasteiger partial charge in [-0.25, -0.2) is 4.98 Å². The molecular weight excluding hydrogens is 396 g/mol. The van der Waals surface area contributed by atoms with E-state index in [0.29, 0.717) is 16.3 Å². The van der Waals surface area contributed by atoms with Gasteiger partial charge in [-0.15, -0.1) is 0 Å². The van der Waals surface area contributed by atoms with Crippen LogP contribution in [0.3, 0.4) is 0 Å². The van der Waals surface area contributed by atoms with Crippen molar-refractivity contribution < 1.29 is 4.92 Å². The molecule has 0 atom stereocenters. The Bertz CT molecular complexity index is 1450. The fraction of sp³-hybridized carbons (Fsp3) is 0. The van der Waals surface area contributed by atoms with Crippen molar-refractivity contribution in [1.82, 2.24) is 4.98 Å². The molecule has 0 N–H and O–H groups in total. The molecule has 5 rings (SSSR count). The molecule has 0 aliphatic carbocycles. The Morgan fingerprint density at radius 1 is 0.800 bits per heavy atom. The van der Waals surface area contributed by atoms with E-state index in [-0.39, 0.29) is 5.69 Å². The number of nitrogens with zero attached hydrogens (tertiary/aromatic N) is 2. The first-order valence-electron chi connectivity index (χ1n) is 9.43. The molecule has 4 aromatic carbocycles. The van der Waals surface area contributed by atoms with E-state index in [1.807, 2.05) is 60.7 Å². The summed E-state index contributed by atoms with van der Waals surface area (Å²) in [4.78, 5) is 15.7. The van der Waals surface area contributed by atoms with Gasteiger partial charge in [0.2, 0.25) is 0 Å². The Morgan fingerprint density at radius 3 is 2.43 bits per heavy atom. The summed E-state index contributed by atoms with van der Waals surface area (Å²) < 4.78 is 0. The molecule has 1 aromatic heterocycles. The normalized spacial score (nSPS) is 11.1. The number of rotatable bonds is 3. The number of halogens is 1. The Morgan fingerprint density at radius 2 is 1.60 bits per heavy atom. The number of pyridine rings is 1. The van der Waals surface area contributed by atoms with Crippen molar-refractivity contribution in [2.75, 3.05) is 0 Å². The highest BCUT2D eigenvalue weighted by atomic mass is 35.5. The Labute approximate surface area is 177 Å². The SMILES string of the molecule is O=[N+]([O-])c1cccc(-c2cc(-c3cccc(Cl)c3)c3c(ccc4ccccc43)n2)c1. The molecule has 4 nitrogen and oxygen atoms in total. The molecule has 0 unspecified atom stereocenters. The smallest absolute Gasteiger partial charge is 0.258 e. The maximum atomic E-state index is 11.2. The van der Waals surface area contributed by atoms with Crippen molar-refractivity contribution in [1.29, 1.82) is 0 Å². The number of aromatic nitrogens is 1. The summed E-state index contributed by atoms with van der Waals surface area (Å²) in [6.07, 6.45) is 0. The standard InChI is InChI=1S/C25H15ClN2O2/c26-19-8-3-6-17(13-19)22-15-24(18-7-4-9-20(14-18)28(29)30)27-23-12-11-16-5-1-2-10-21(16)25(22)23/h1-15H. The summed E-state index contributed by atoms with van der Waals surface area (Å²) in [5, 5.41) is 15.1. The maximum Gasteiger partial charge on any atom is 0.270 e. The summed E-state index contributed by atoms with van der Waals surface area (Å²) in [5.41, 5.74) is 4.20. The molecule has 144 valence electrons. The highest BCUT2D eigenvalue weighted by Gasteiger charge is 2.14. The van der Waals surface area contributed by atoms with Crippen LogP contribution in [0.25, 0.3) is 44.1 Å². The van der Waals surface area contributed by atoms with E-state index in [2.05, 4.69) is 12.1 Å². The zero-order valence-electron chi connectivity index (χ0n) is 15.7. The lowest BCUT2D eigenvalue weighted by Crippen LogP contribution is -1.93. The van der Waals surface area contributed by atoms with Crippen molar-refractivity contribution in [3.63, 3.8) is 0 Å². The number of fused-ring (bicyclic) bond motifs is 3. The molecule has 0 spiro atoms. The van der Waals surface area contributed by atoms with Gasteiger partial charge in [-0.2, -0.15) is 0 Å². The van der Waals surface area contributed by atoms with Crippen molar-refractivity contribution in [2.24, 2.45) is 0 Å². The Kier molecular flexibility index (Phi) is 4.42. The first-order valence-corrected chi connectivity index (χ1v) is 9.81. The van der Waals surface area contributed by atoms with E-state index >= 15 is 0 Å². The van der Waals surface area contributed by atoms with E-state index in [1.54, 1.807) is 12.1 Å². The van der Waals surface area contributed by atoms with Gasteiger partial charge in [0.05, 0.1) is 16.1 Å². The molecule has 0 radical (unpaired) electrons. The number of nitro benzene ring substituents is 1. The monoisotopic (exact) mass is 410 g/mol. The van der Waals surface area contributed by atoms with Gasteiger partial charge < -0.3 is 0 Å². The minimum atomic E-state index is -0.393. The zero-order valence-corrected chi connectivity index (χ0v) is 16.5. The molecule has 1 heterocycles. The second-order valence-electron chi connectivity index (χ2n) is 7.05. The van der Waals surface area contributed by atoms with Crippen LogP contribution in [0.1, 0.15) is 0 Å². The lowest BCUT2D eigenvalue weighted by Gasteiger charge is -2.13. The molecule has 0 aliphatic heterocycles. The largest absolute Gasteiger partial charge is 0.270 e. The Balaban J connectivity index is 1.86. The summed E-state index contributed by atoms with van der Waals surface area (Å²) in [7, 11) is 0. The van der Waals surface area contributed by atoms with E-state index in [0.717, 1.165) is 32.8 Å². The van der Waals surface area contributed by atoms with Crippen LogP contribution in [0.15, 0.2) is 91.0 Å². The molecule has 0 saturated heterocycles. The average Bonchev–Trinajstić information content (AvgIpc) is 2.78. The van der Waals surface area contributed by atoms with E-state index in [9.17, 15) is 10.1 Å². The van der Waals surface area contributed by atoms with Crippen molar-refractivity contribution in [3.8, 4) is 22.4 Å². The summed E-state index contributed by atoms with van der Waals surface area (Å²) in [5.74, 6) is 0. The zero-order chi connectivity index (χ0) is 20.7. The van der Waals surface area contributed by atoms with Crippen molar-refractivity contribution >= 4 is 39.0 Å². The van der Waals surface area contributed by atoms with Crippen LogP contribution >= 0.6 is 11.6 Å². The van der Waals surface area contributed by atoms with Crippen LogP contribution in [0.2, 0.25) is 5.02 Å². The topological polar surface area (TPSA) is 56.0 Å². The fourth-order valence-corrected chi connectivity index (χ4v) is 4.01. The average molecular weight is 411 g/mol. The molecule has 0 aliphatic rings. The maximum absolute atomic E-state index is 11.2. The molecule has 0 bridgehead atoms. The number of non-ortho nitro benzene ring substituents is 1. The second kappa shape index (κ2) is 7.25. The third-order valence-electron chi connectivity index (χ3n) is 5.19. The van der Waals surface area contributed by atoms with Gasteiger partial charge in [0.15, 0.2) is 0 Å². The summed E-state index contributed by atoms with van der Waals surface area (Å²) in [6.45, 7) is 0. The summed E-state index contributed by atoms with van der Waals surface area (Å²) in [6, 6.07) is 28.5. The molecule has 0 saturated carbocycles. The van der Waals surface area contributed by atoms with Crippen LogP contribution in [-0.4, -0.2) is 9.91 Å². The molecule has 0 amide bonds. The van der Waals surface area contributed by atoms with Gasteiger partial charge in [0.25, 0.3) is 5.69 Å². The van der Waals surface area contributed by atoms with Crippen LogP contribution in [-0.2, 0) is 0 Å².